The summed E-state index contributed by atoms with van der Waals surface area (Å²) >= 11 is 0. The summed E-state index contributed by atoms with van der Waals surface area (Å²) in [4.78, 5) is 9.83. The topological polar surface area (TPSA) is 95.2 Å². The van der Waals surface area contributed by atoms with Crippen molar-refractivity contribution >= 4 is 36.2 Å². The molecule has 0 saturated carbocycles. The fourth-order valence-electron chi connectivity index (χ4n) is 0.882. The summed E-state index contributed by atoms with van der Waals surface area (Å²) in [7, 11) is 0. The highest BCUT2D eigenvalue weighted by molar-refractivity contribution is 5.85. The maximum atomic E-state index is 10.3. The van der Waals surface area contributed by atoms with Gasteiger partial charge in [-0.15, -0.1) is 24.8 Å². The van der Waals surface area contributed by atoms with Crippen LogP contribution in [0.15, 0.2) is 18.2 Å². The Morgan fingerprint density at radius 1 is 1.36 bits per heavy atom. The van der Waals surface area contributed by atoms with Gasteiger partial charge in [-0.25, -0.2) is 0 Å². The Kier molecular flexibility index (Phi) is 7.08. The van der Waals surface area contributed by atoms with Gasteiger partial charge >= 0.3 is 0 Å². The van der Waals surface area contributed by atoms with Gasteiger partial charge in [0.05, 0.1) is 4.92 Å². The molecule has 4 N–H and O–H groups in total. The van der Waals surface area contributed by atoms with Gasteiger partial charge in [-0.1, -0.05) is 0 Å². The molecule has 14 heavy (non-hydrogen) atoms. The van der Waals surface area contributed by atoms with Gasteiger partial charge < -0.3 is 11.5 Å². The predicted molar refractivity (Wildman–Crippen MR) is 59.9 cm³/mol. The van der Waals surface area contributed by atoms with Crippen LogP contribution in [0.4, 0.5) is 11.4 Å². The van der Waals surface area contributed by atoms with Gasteiger partial charge in [-0.3, -0.25) is 10.1 Å². The maximum absolute atomic E-state index is 10.3. The van der Waals surface area contributed by atoms with E-state index in [9.17, 15) is 10.1 Å². The normalized spacial score (nSPS) is 8.36. The Balaban J connectivity index is 0. The largest absolute Gasteiger partial charge is 0.398 e. The second-order valence-corrected chi connectivity index (χ2v) is 2.34. The first kappa shape index (κ1) is 15.4. The van der Waals surface area contributed by atoms with E-state index in [2.05, 4.69) is 0 Å². The fourth-order valence-corrected chi connectivity index (χ4v) is 0.882. The van der Waals surface area contributed by atoms with Gasteiger partial charge in [0.15, 0.2) is 0 Å². The van der Waals surface area contributed by atoms with Gasteiger partial charge in [0.1, 0.15) is 0 Å². The summed E-state index contributed by atoms with van der Waals surface area (Å²) in [6.07, 6.45) is 0. The van der Waals surface area contributed by atoms with Crippen molar-refractivity contribution in [1.82, 2.24) is 0 Å². The third-order valence-electron chi connectivity index (χ3n) is 1.56. The molecule has 7 heteroatoms. The first-order valence-electron chi connectivity index (χ1n) is 3.38. The van der Waals surface area contributed by atoms with E-state index in [4.69, 9.17) is 11.5 Å². The number of hydrogen-bond donors (Lipinski definition) is 2. The van der Waals surface area contributed by atoms with Crippen molar-refractivity contribution in [2.75, 3.05) is 5.73 Å². The molecule has 0 unspecified atom stereocenters. The number of anilines is 1. The maximum Gasteiger partial charge on any atom is 0.269 e. The molecular weight excluding hydrogens is 229 g/mol. The molecule has 0 saturated heterocycles. The summed E-state index contributed by atoms with van der Waals surface area (Å²) < 4.78 is 0. The second kappa shape index (κ2) is 6.42. The van der Waals surface area contributed by atoms with E-state index < -0.39 is 4.92 Å². The number of non-ortho nitro benzene ring substituents is 1. The highest BCUT2D eigenvalue weighted by Gasteiger charge is 2.07. The lowest BCUT2D eigenvalue weighted by molar-refractivity contribution is -0.384. The quantitative estimate of drug-likeness (QED) is 0.465. The summed E-state index contributed by atoms with van der Waals surface area (Å²) in [5.74, 6) is 0. The van der Waals surface area contributed by atoms with Crippen molar-refractivity contribution in [3.05, 3.63) is 33.9 Å². The Bertz CT molecular complexity index is 320. The van der Waals surface area contributed by atoms with Gasteiger partial charge in [0.2, 0.25) is 0 Å². The highest BCUT2D eigenvalue weighted by Crippen LogP contribution is 2.18. The van der Waals surface area contributed by atoms with E-state index >= 15 is 0 Å². The van der Waals surface area contributed by atoms with Crippen LogP contribution in [-0.4, -0.2) is 4.92 Å². The molecule has 0 aliphatic heterocycles. The lowest BCUT2D eigenvalue weighted by Gasteiger charge is -2.00. The number of hydrogen-bond acceptors (Lipinski definition) is 4. The molecule has 0 amide bonds. The summed E-state index contributed by atoms with van der Waals surface area (Å²) in [5, 5.41) is 10.3. The molecule has 0 atom stereocenters. The number of nitrogens with zero attached hydrogens (tertiary/aromatic N) is 1. The van der Waals surface area contributed by atoms with E-state index in [1.54, 1.807) is 0 Å². The first-order valence-corrected chi connectivity index (χ1v) is 3.38. The molecule has 80 valence electrons. The molecule has 1 aromatic rings. The van der Waals surface area contributed by atoms with E-state index in [0.29, 0.717) is 11.3 Å². The van der Waals surface area contributed by atoms with Crippen LogP contribution in [0.2, 0.25) is 0 Å². The number of benzene rings is 1. The van der Waals surface area contributed by atoms with Crippen LogP contribution in [0.25, 0.3) is 0 Å². The molecule has 0 heterocycles. The van der Waals surface area contributed by atoms with E-state index in [1.165, 1.54) is 18.2 Å². The van der Waals surface area contributed by atoms with Gasteiger partial charge in [-0.2, -0.15) is 0 Å². The zero-order valence-electron chi connectivity index (χ0n) is 7.17. The zero-order valence-corrected chi connectivity index (χ0v) is 8.81. The molecule has 0 bridgehead atoms. The Hall–Kier alpha value is -1.04. The number of nitrogen functional groups attached to an aromatic ring is 1. The van der Waals surface area contributed by atoms with Crippen LogP contribution in [0.3, 0.4) is 0 Å². The summed E-state index contributed by atoms with van der Waals surface area (Å²) in [5.41, 5.74) is 11.9. The van der Waals surface area contributed by atoms with Crippen molar-refractivity contribution in [3.8, 4) is 0 Å². The third kappa shape index (κ3) is 3.37. The van der Waals surface area contributed by atoms with Crippen LogP contribution in [0.1, 0.15) is 5.56 Å². The average Bonchev–Trinajstić information content (AvgIpc) is 2.05. The van der Waals surface area contributed by atoms with Crippen molar-refractivity contribution in [1.29, 1.82) is 0 Å². The minimum absolute atomic E-state index is 0. The van der Waals surface area contributed by atoms with Crippen LogP contribution in [0.5, 0.6) is 0 Å². The smallest absolute Gasteiger partial charge is 0.269 e. The van der Waals surface area contributed by atoms with Crippen LogP contribution < -0.4 is 11.5 Å². The third-order valence-corrected chi connectivity index (χ3v) is 1.56. The molecule has 0 aliphatic carbocycles. The highest BCUT2D eigenvalue weighted by atomic mass is 35.5. The van der Waals surface area contributed by atoms with Crippen LogP contribution >= 0.6 is 24.8 Å². The molecule has 0 aliphatic rings. The Labute approximate surface area is 93.4 Å². The SMILES string of the molecule is Cl.Cl.NCc1cc([N+](=O)[O-])ccc1N. The lowest BCUT2D eigenvalue weighted by atomic mass is 10.1. The predicted octanol–water partition coefficient (Wildman–Crippen LogP) is 1.48. The van der Waals surface area contributed by atoms with Crippen molar-refractivity contribution in [3.63, 3.8) is 0 Å². The molecule has 0 fully saturated rings. The second-order valence-electron chi connectivity index (χ2n) is 2.34. The summed E-state index contributed by atoms with van der Waals surface area (Å²) in [6, 6.07) is 4.23. The van der Waals surface area contributed by atoms with E-state index in [0.717, 1.165) is 0 Å². The molecule has 0 radical (unpaired) electrons. The van der Waals surface area contributed by atoms with Gasteiger partial charge in [0.25, 0.3) is 5.69 Å². The molecule has 1 aromatic carbocycles. The van der Waals surface area contributed by atoms with E-state index in [1.807, 2.05) is 0 Å². The molecule has 5 nitrogen and oxygen atoms in total. The van der Waals surface area contributed by atoms with Crippen molar-refractivity contribution in [2.24, 2.45) is 5.73 Å². The van der Waals surface area contributed by atoms with Crippen LogP contribution in [0, 0.1) is 10.1 Å². The Morgan fingerprint density at radius 3 is 2.36 bits per heavy atom. The lowest BCUT2D eigenvalue weighted by Crippen LogP contribution is -2.02. The molecular formula is C7H11Cl2N3O2. The number of nitrogens with two attached hydrogens (primary N) is 2. The number of nitro benzene ring substituents is 1. The zero-order chi connectivity index (χ0) is 9.14. The number of rotatable bonds is 2. The van der Waals surface area contributed by atoms with Crippen LogP contribution in [-0.2, 0) is 6.54 Å². The van der Waals surface area contributed by atoms with Crippen molar-refractivity contribution < 1.29 is 4.92 Å². The van der Waals surface area contributed by atoms with Gasteiger partial charge in [0, 0.05) is 24.4 Å². The molecule has 0 aromatic heterocycles. The van der Waals surface area contributed by atoms with Gasteiger partial charge in [-0.05, 0) is 11.6 Å². The molecule has 0 spiro atoms. The summed E-state index contributed by atoms with van der Waals surface area (Å²) in [6.45, 7) is 0.216. The van der Waals surface area contributed by atoms with E-state index in [-0.39, 0.29) is 37.0 Å². The minimum atomic E-state index is -0.474. The number of nitro groups is 1. The standard InChI is InChI=1S/C7H9N3O2.2ClH/c8-4-5-3-6(10(11)12)1-2-7(5)9;;/h1-3H,4,8-9H2;2*1H. The number of halogens is 2. The average molecular weight is 240 g/mol. The monoisotopic (exact) mass is 239 g/mol. The van der Waals surface area contributed by atoms with Crippen molar-refractivity contribution in [2.45, 2.75) is 6.54 Å². The molecule has 1 rings (SSSR count). The fraction of sp³-hybridized carbons (Fsp3) is 0.143. The minimum Gasteiger partial charge on any atom is -0.398 e. The Morgan fingerprint density at radius 2 is 1.93 bits per heavy atom. The first-order chi connectivity index (χ1) is 5.65.